The Morgan fingerprint density at radius 3 is 2.73 bits per heavy atom. The van der Waals surface area contributed by atoms with E-state index in [2.05, 4.69) is 15.4 Å². The van der Waals surface area contributed by atoms with Gasteiger partial charge in [-0.25, -0.2) is 4.98 Å². The number of aromatic nitrogens is 3. The monoisotopic (exact) mass is 367 g/mol. The van der Waals surface area contributed by atoms with Gasteiger partial charge >= 0.3 is 0 Å². The van der Waals surface area contributed by atoms with E-state index in [-0.39, 0.29) is 11.4 Å². The first kappa shape index (κ1) is 17.5. The molecule has 130 valence electrons. The van der Waals surface area contributed by atoms with Gasteiger partial charge in [0, 0.05) is 11.2 Å². The fourth-order valence-electron chi connectivity index (χ4n) is 2.19. The highest BCUT2D eigenvalue weighted by Gasteiger charge is 2.20. The summed E-state index contributed by atoms with van der Waals surface area (Å²) in [5, 5.41) is 16.7. The van der Waals surface area contributed by atoms with Gasteiger partial charge < -0.3 is 10.1 Å². The first-order valence-corrected chi connectivity index (χ1v) is 8.09. The van der Waals surface area contributed by atoms with E-state index >= 15 is 0 Å². The van der Waals surface area contributed by atoms with Gasteiger partial charge in [-0.2, -0.15) is 15.0 Å². The van der Waals surface area contributed by atoms with Crippen molar-refractivity contribution in [1.82, 2.24) is 14.8 Å². The number of ether oxygens (including phenoxy) is 1. The summed E-state index contributed by atoms with van der Waals surface area (Å²) in [4.78, 5) is 16.7. The zero-order valence-corrected chi connectivity index (χ0v) is 14.5. The maximum atomic E-state index is 12.5. The van der Waals surface area contributed by atoms with Gasteiger partial charge in [0.15, 0.2) is 17.7 Å². The fraction of sp³-hybridized carbons (Fsp3) is 0.111. The van der Waals surface area contributed by atoms with Crippen LogP contribution < -0.4 is 10.1 Å². The fourth-order valence-corrected chi connectivity index (χ4v) is 2.32. The van der Waals surface area contributed by atoms with E-state index in [1.807, 2.05) is 6.07 Å². The van der Waals surface area contributed by atoms with Gasteiger partial charge in [0.05, 0.1) is 6.20 Å². The predicted octanol–water partition coefficient (Wildman–Crippen LogP) is 3.20. The van der Waals surface area contributed by atoms with Crippen LogP contribution in [-0.4, -0.2) is 26.8 Å². The molecule has 0 saturated heterocycles. The molecule has 0 bridgehead atoms. The second kappa shape index (κ2) is 7.68. The van der Waals surface area contributed by atoms with E-state index in [1.165, 1.54) is 10.9 Å². The highest BCUT2D eigenvalue weighted by atomic mass is 35.5. The molecule has 1 aromatic carbocycles. The van der Waals surface area contributed by atoms with Gasteiger partial charge in [0.25, 0.3) is 5.91 Å². The summed E-state index contributed by atoms with van der Waals surface area (Å²) in [6.45, 7) is 1.61. The minimum atomic E-state index is -0.796. The lowest BCUT2D eigenvalue weighted by Gasteiger charge is -2.15. The van der Waals surface area contributed by atoms with Crippen LogP contribution in [0.3, 0.4) is 0 Å². The number of carbonyl (C=O) groups is 1. The van der Waals surface area contributed by atoms with Crippen LogP contribution in [0.1, 0.15) is 12.5 Å². The largest absolute Gasteiger partial charge is 0.481 e. The Morgan fingerprint density at radius 1 is 1.31 bits per heavy atom. The molecule has 0 aliphatic carbocycles. The van der Waals surface area contributed by atoms with Crippen LogP contribution in [0, 0.1) is 11.3 Å². The third-order valence-corrected chi connectivity index (χ3v) is 3.75. The number of amides is 1. The summed E-state index contributed by atoms with van der Waals surface area (Å²) >= 11 is 5.83. The molecule has 0 spiro atoms. The molecule has 0 saturated carbocycles. The third-order valence-electron chi connectivity index (χ3n) is 3.49. The van der Waals surface area contributed by atoms with Crippen LogP contribution in [0.2, 0.25) is 5.02 Å². The highest BCUT2D eigenvalue weighted by Crippen LogP contribution is 2.20. The number of nitrogens with one attached hydrogen (secondary N) is 1. The van der Waals surface area contributed by atoms with Crippen LogP contribution in [0.5, 0.6) is 5.75 Å². The molecule has 3 aromatic rings. The number of nitriles is 1. The zero-order valence-electron chi connectivity index (χ0n) is 13.8. The third kappa shape index (κ3) is 3.82. The van der Waals surface area contributed by atoms with Crippen LogP contribution in [0.4, 0.5) is 5.82 Å². The van der Waals surface area contributed by atoms with E-state index < -0.39 is 12.0 Å². The number of carbonyl (C=O) groups excluding carboxylic acids is 1. The van der Waals surface area contributed by atoms with Crippen molar-refractivity contribution in [1.29, 1.82) is 5.26 Å². The summed E-state index contributed by atoms with van der Waals surface area (Å²) in [6.07, 6.45) is 2.17. The molecule has 1 N–H and O–H groups in total. The molecular formula is C18H14ClN5O2. The number of pyridine rings is 1. The van der Waals surface area contributed by atoms with E-state index in [9.17, 15) is 10.1 Å². The normalized spacial score (nSPS) is 11.4. The van der Waals surface area contributed by atoms with Crippen molar-refractivity contribution >= 4 is 23.3 Å². The van der Waals surface area contributed by atoms with Crippen molar-refractivity contribution in [3.63, 3.8) is 0 Å². The molecule has 0 fully saturated rings. The number of anilines is 1. The Kier molecular flexibility index (Phi) is 5.15. The van der Waals surface area contributed by atoms with Gasteiger partial charge in [0.1, 0.15) is 17.4 Å². The van der Waals surface area contributed by atoms with Crippen molar-refractivity contribution in [3.8, 4) is 17.6 Å². The Morgan fingerprint density at radius 2 is 2.08 bits per heavy atom. The highest BCUT2D eigenvalue weighted by molar-refractivity contribution is 6.30. The van der Waals surface area contributed by atoms with E-state index in [1.54, 1.807) is 55.6 Å². The Bertz CT molecular complexity index is 948. The topological polar surface area (TPSA) is 92.8 Å². The number of rotatable bonds is 5. The number of hydrogen-bond donors (Lipinski definition) is 1. The summed E-state index contributed by atoms with van der Waals surface area (Å²) in [5.41, 5.74) is 0.225. The molecular weight excluding hydrogens is 354 g/mol. The minimum absolute atomic E-state index is 0.225. The molecule has 1 amide bonds. The van der Waals surface area contributed by atoms with E-state index in [0.717, 1.165) is 0 Å². The first-order chi connectivity index (χ1) is 12.6. The van der Waals surface area contributed by atoms with Gasteiger partial charge in [-0.3, -0.25) is 4.79 Å². The molecule has 2 aromatic heterocycles. The molecule has 3 rings (SSSR count). The average molecular weight is 368 g/mol. The lowest BCUT2D eigenvalue weighted by molar-refractivity contribution is -0.122. The maximum absolute atomic E-state index is 12.5. The number of benzene rings is 1. The van der Waals surface area contributed by atoms with Gasteiger partial charge in [-0.05, 0) is 43.3 Å². The quantitative estimate of drug-likeness (QED) is 0.747. The summed E-state index contributed by atoms with van der Waals surface area (Å²) < 4.78 is 6.99. The second-order valence-electron chi connectivity index (χ2n) is 5.32. The molecule has 1 atom stereocenters. The number of hydrogen-bond acceptors (Lipinski definition) is 5. The summed E-state index contributed by atoms with van der Waals surface area (Å²) in [6, 6.07) is 14.0. The molecule has 2 heterocycles. The first-order valence-electron chi connectivity index (χ1n) is 7.71. The van der Waals surface area contributed by atoms with Crippen LogP contribution in [0.25, 0.3) is 5.82 Å². The van der Waals surface area contributed by atoms with Crippen molar-refractivity contribution in [2.75, 3.05) is 5.32 Å². The SMILES string of the molecule is CC(Oc1ccc(Cl)cc1)C(=O)Nc1c(C#N)cnn1-c1ccccn1. The minimum Gasteiger partial charge on any atom is -0.481 e. The van der Waals surface area contributed by atoms with E-state index in [0.29, 0.717) is 16.6 Å². The average Bonchev–Trinajstić information content (AvgIpc) is 3.06. The number of nitrogens with zero attached hydrogens (tertiary/aromatic N) is 4. The van der Waals surface area contributed by atoms with Gasteiger partial charge in [-0.1, -0.05) is 17.7 Å². The van der Waals surface area contributed by atoms with Crippen LogP contribution >= 0.6 is 11.6 Å². The number of halogens is 1. The molecule has 26 heavy (non-hydrogen) atoms. The lowest BCUT2D eigenvalue weighted by atomic mass is 10.3. The maximum Gasteiger partial charge on any atom is 0.266 e. The Hall–Kier alpha value is -3.37. The van der Waals surface area contributed by atoms with Crippen molar-refractivity contribution in [3.05, 3.63) is 65.4 Å². The second-order valence-corrected chi connectivity index (χ2v) is 5.76. The molecule has 8 heteroatoms. The zero-order chi connectivity index (χ0) is 18.5. The van der Waals surface area contributed by atoms with Crippen molar-refractivity contribution < 1.29 is 9.53 Å². The van der Waals surface area contributed by atoms with Crippen LogP contribution in [-0.2, 0) is 4.79 Å². The van der Waals surface area contributed by atoms with Crippen LogP contribution in [0.15, 0.2) is 54.9 Å². The standard InChI is InChI=1S/C18H14ClN5O2/c1-12(26-15-7-5-14(19)6-8-15)18(25)23-17-13(10-20)11-22-24(17)16-4-2-3-9-21-16/h2-9,11-12H,1H3,(H,23,25). The predicted molar refractivity (Wildman–Crippen MR) is 96.2 cm³/mol. The van der Waals surface area contributed by atoms with E-state index in [4.69, 9.17) is 16.3 Å². The molecule has 1 unspecified atom stereocenters. The molecule has 0 aliphatic rings. The van der Waals surface area contributed by atoms with Crippen molar-refractivity contribution in [2.24, 2.45) is 0 Å². The molecule has 0 radical (unpaired) electrons. The summed E-state index contributed by atoms with van der Waals surface area (Å²) in [7, 11) is 0. The Labute approximate surface area is 154 Å². The van der Waals surface area contributed by atoms with Gasteiger partial charge in [-0.15, -0.1) is 0 Å². The summed E-state index contributed by atoms with van der Waals surface area (Å²) in [5.74, 6) is 0.809. The molecule has 0 aliphatic heterocycles. The van der Waals surface area contributed by atoms with Crippen molar-refractivity contribution in [2.45, 2.75) is 13.0 Å². The lowest BCUT2D eigenvalue weighted by Crippen LogP contribution is -2.31. The van der Waals surface area contributed by atoms with Gasteiger partial charge in [0.2, 0.25) is 0 Å². The molecule has 7 nitrogen and oxygen atoms in total. The smallest absolute Gasteiger partial charge is 0.266 e. The Balaban J connectivity index is 1.79.